The van der Waals surface area contributed by atoms with Crippen LogP contribution in [-0.4, -0.2) is 40.1 Å². The van der Waals surface area contributed by atoms with Crippen molar-refractivity contribution in [2.75, 3.05) is 6.61 Å². The topological polar surface area (TPSA) is 87.0 Å². The van der Waals surface area contributed by atoms with Gasteiger partial charge in [-0.2, -0.15) is 0 Å². The summed E-state index contributed by atoms with van der Waals surface area (Å²) < 4.78 is 5.40. The molecule has 1 unspecified atom stereocenters. The van der Waals surface area contributed by atoms with Gasteiger partial charge < -0.3 is 20.1 Å². The Bertz CT molecular complexity index is 545. The molecule has 2 rings (SSSR count). The molecule has 0 aromatic heterocycles. The molecule has 0 heterocycles. The number of para-hydroxylation sites is 1. The number of carboxylic acid groups (broad SMARTS) is 1. The maximum Gasteiger partial charge on any atom is 0.303 e. The van der Waals surface area contributed by atoms with Crippen molar-refractivity contribution < 1.29 is 24.9 Å². The van der Waals surface area contributed by atoms with Crippen LogP contribution in [0.3, 0.4) is 0 Å². The van der Waals surface area contributed by atoms with Gasteiger partial charge in [0, 0.05) is 11.8 Å². The average Bonchev–Trinajstić information content (AvgIpc) is 2.84. The first-order valence-corrected chi connectivity index (χ1v) is 7.33. The first-order chi connectivity index (χ1) is 10.6. The van der Waals surface area contributed by atoms with E-state index in [4.69, 9.17) is 9.84 Å². The van der Waals surface area contributed by atoms with E-state index in [0.717, 1.165) is 0 Å². The first kappa shape index (κ1) is 16.3. The molecule has 1 aliphatic carbocycles. The van der Waals surface area contributed by atoms with Gasteiger partial charge in [0.15, 0.2) is 0 Å². The van der Waals surface area contributed by atoms with E-state index in [9.17, 15) is 15.0 Å². The molecular weight excluding hydrogens is 284 g/mol. The van der Waals surface area contributed by atoms with Gasteiger partial charge >= 0.3 is 5.97 Å². The van der Waals surface area contributed by atoms with Gasteiger partial charge in [0.25, 0.3) is 0 Å². The van der Waals surface area contributed by atoms with Crippen LogP contribution in [0, 0.1) is 23.7 Å². The predicted octanol–water partition coefficient (Wildman–Crippen LogP) is 1.29. The highest BCUT2D eigenvalue weighted by Gasteiger charge is 2.35. The molecule has 0 radical (unpaired) electrons. The lowest BCUT2D eigenvalue weighted by atomic mass is 9.92. The minimum Gasteiger partial charge on any atom is -0.490 e. The monoisotopic (exact) mass is 304 g/mol. The summed E-state index contributed by atoms with van der Waals surface area (Å²) >= 11 is 0. The number of hydrogen-bond acceptors (Lipinski definition) is 4. The van der Waals surface area contributed by atoms with Crippen molar-refractivity contribution in [2.24, 2.45) is 11.8 Å². The molecule has 4 atom stereocenters. The molecule has 1 aliphatic rings. The molecule has 0 amide bonds. The summed E-state index contributed by atoms with van der Waals surface area (Å²) in [6.45, 7) is 0.0515. The van der Waals surface area contributed by atoms with E-state index in [-0.39, 0.29) is 24.9 Å². The molecule has 1 aromatic rings. The van der Waals surface area contributed by atoms with Crippen LogP contribution in [0.4, 0.5) is 0 Å². The van der Waals surface area contributed by atoms with Crippen molar-refractivity contribution in [1.29, 1.82) is 0 Å². The van der Waals surface area contributed by atoms with Crippen LogP contribution < -0.4 is 4.74 Å². The summed E-state index contributed by atoms with van der Waals surface area (Å²) in [6.07, 6.45) is -0.472. The maximum absolute atomic E-state index is 10.8. The number of carboxylic acids is 1. The largest absolute Gasteiger partial charge is 0.490 e. The fraction of sp³-hybridized carbons (Fsp3) is 0.471. The summed E-state index contributed by atoms with van der Waals surface area (Å²) in [7, 11) is 0. The Morgan fingerprint density at radius 2 is 2.05 bits per heavy atom. The zero-order valence-corrected chi connectivity index (χ0v) is 12.2. The highest BCUT2D eigenvalue weighted by atomic mass is 16.5. The first-order valence-electron chi connectivity index (χ1n) is 7.33. The number of benzene rings is 1. The molecule has 1 fully saturated rings. The summed E-state index contributed by atoms with van der Waals surface area (Å²) in [4.78, 5) is 10.8. The SMILES string of the molecule is O=C(O)C[C@@H]1[C@H](O)CC[C@H]1C#CC(O)COc1ccccc1. The van der Waals surface area contributed by atoms with E-state index < -0.39 is 18.2 Å². The summed E-state index contributed by atoms with van der Waals surface area (Å²) in [6, 6.07) is 9.12. The Balaban J connectivity index is 1.87. The van der Waals surface area contributed by atoms with Gasteiger partial charge in [-0.05, 0) is 25.0 Å². The van der Waals surface area contributed by atoms with Crippen LogP contribution in [0.25, 0.3) is 0 Å². The number of rotatable bonds is 5. The third-order valence-electron chi connectivity index (χ3n) is 3.78. The van der Waals surface area contributed by atoms with E-state index in [1.165, 1.54) is 0 Å². The van der Waals surface area contributed by atoms with Crippen LogP contribution >= 0.6 is 0 Å². The van der Waals surface area contributed by atoms with Crippen molar-refractivity contribution in [3.8, 4) is 17.6 Å². The lowest BCUT2D eigenvalue weighted by Gasteiger charge is -2.15. The van der Waals surface area contributed by atoms with Gasteiger partial charge in [0.05, 0.1) is 12.5 Å². The Labute approximate surface area is 129 Å². The van der Waals surface area contributed by atoms with Crippen molar-refractivity contribution in [2.45, 2.75) is 31.5 Å². The number of aliphatic carboxylic acids is 1. The Morgan fingerprint density at radius 3 is 2.73 bits per heavy atom. The molecule has 5 nitrogen and oxygen atoms in total. The lowest BCUT2D eigenvalue weighted by Crippen LogP contribution is -2.22. The highest BCUT2D eigenvalue weighted by Crippen LogP contribution is 2.34. The van der Waals surface area contributed by atoms with E-state index >= 15 is 0 Å². The predicted molar refractivity (Wildman–Crippen MR) is 80.2 cm³/mol. The molecule has 0 spiro atoms. The molecule has 0 aliphatic heterocycles. The van der Waals surface area contributed by atoms with Crippen molar-refractivity contribution in [1.82, 2.24) is 0 Å². The molecule has 1 aromatic carbocycles. The van der Waals surface area contributed by atoms with Crippen LogP contribution in [0.15, 0.2) is 30.3 Å². The van der Waals surface area contributed by atoms with E-state index in [0.29, 0.717) is 18.6 Å². The van der Waals surface area contributed by atoms with Gasteiger partial charge in [0.2, 0.25) is 0 Å². The molecule has 22 heavy (non-hydrogen) atoms. The summed E-state index contributed by atoms with van der Waals surface area (Å²) in [5.41, 5.74) is 0. The van der Waals surface area contributed by atoms with Crippen molar-refractivity contribution in [3.63, 3.8) is 0 Å². The smallest absolute Gasteiger partial charge is 0.303 e. The average molecular weight is 304 g/mol. The van der Waals surface area contributed by atoms with Crippen LogP contribution in [0.2, 0.25) is 0 Å². The molecule has 0 bridgehead atoms. The highest BCUT2D eigenvalue weighted by molar-refractivity contribution is 5.67. The van der Waals surface area contributed by atoms with Gasteiger partial charge in [0.1, 0.15) is 18.5 Å². The molecule has 0 saturated heterocycles. The molecular formula is C17H20O5. The fourth-order valence-electron chi connectivity index (χ4n) is 2.64. The Kier molecular flexibility index (Phi) is 5.82. The van der Waals surface area contributed by atoms with Gasteiger partial charge in [-0.1, -0.05) is 30.0 Å². The number of aliphatic hydroxyl groups excluding tert-OH is 2. The number of hydrogen-bond donors (Lipinski definition) is 3. The second-order valence-corrected chi connectivity index (χ2v) is 5.44. The third-order valence-corrected chi connectivity index (χ3v) is 3.78. The fourth-order valence-corrected chi connectivity index (χ4v) is 2.64. The van der Waals surface area contributed by atoms with E-state index in [2.05, 4.69) is 11.8 Å². The van der Waals surface area contributed by atoms with Crippen molar-refractivity contribution in [3.05, 3.63) is 30.3 Å². The van der Waals surface area contributed by atoms with Gasteiger partial charge in [-0.25, -0.2) is 0 Å². The lowest BCUT2D eigenvalue weighted by molar-refractivity contribution is -0.139. The third kappa shape index (κ3) is 4.76. The van der Waals surface area contributed by atoms with Crippen LogP contribution in [0.5, 0.6) is 5.75 Å². The molecule has 1 saturated carbocycles. The number of carbonyl (C=O) groups is 1. The molecule has 3 N–H and O–H groups in total. The van der Waals surface area contributed by atoms with Crippen molar-refractivity contribution >= 4 is 5.97 Å². The van der Waals surface area contributed by atoms with Crippen LogP contribution in [-0.2, 0) is 4.79 Å². The maximum atomic E-state index is 10.8. The number of ether oxygens (including phenoxy) is 1. The van der Waals surface area contributed by atoms with Gasteiger partial charge in [-0.15, -0.1) is 0 Å². The second-order valence-electron chi connectivity index (χ2n) is 5.44. The molecule has 118 valence electrons. The van der Waals surface area contributed by atoms with E-state index in [1.807, 2.05) is 18.2 Å². The minimum atomic E-state index is -0.941. The summed E-state index contributed by atoms with van der Waals surface area (Å²) in [5.74, 6) is 4.75. The molecule has 5 heteroatoms. The quantitative estimate of drug-likeness (QED) is 0.714. The Hall–Kier alpha value is -2.03. The zero-order chi connectivity index (χ0) is 15.9. The van der Waals surface area contributed by atoms with E-state index in [1.54, 1.807) is 12.1 Å². The number of aliphatic hydroxyl groups is 2. The van der Waals surface area contributed by atoms with Crippen LogP contribution in [0.1, 0.15) is 19.3 Å². The minimum absolute atomic E-state index is 0.0515. The normalized spacial score (nSPS) is 25.1. The standard InChI is InChI=1S/C17H20O5/c18-13(11-22-14-4-2-1-3-5-14)8-6-12-7-9-16(19)15(12)10-17(20)21/h1-5,12-13,15-16,18-19H,7,9-11H2,(H,20,21)/t12-,13?,15+,16-/m1/s1. The Morgan fingerprint density at radius 1 is 1.32 bits per heavy atom. The second kappa shape index (κ2) is 7.83. The zero-order valence-electron chi connectivity index (χ0n) is 12.2. The van der Waals surface area contributed by atoms with Gasteiger partial charge in [-0.3, -0.25) is 4.79 Å². The summed E-state index contributed by atoms with van der Waals surface area (Å²) in [5, 5.41) is 28.5.